The lowest BCUT2D eigenvalue weighted by Crippen LogP contribution is -1.96. The Balaban J connectivity index is 1.88. The van der Waals surface area contributed by atoms with E-state index < -0.39 is 5.97 Å². The fourth-order valence-electron chi connectivity index (χ4n) is 1.64. The van der Waals surface area contributed by atoms with Crippen molar-refractivity contribution < 1.29 is 19.2 Å². The number of carboxylic acid groups (broad SMARTS) is 1. The van der Waals surface area contributed by atoms with Gasteiger partial charge in [0.1, 0.15) is 6.61 Å². The third-order valence-corrected chi connectivity index (χ3v) is 2.86. The minimum atomic E-state index is -1.11. The van der Waals surface area contributed by atoms with E-state index in [1.165, 1.54) is 17.2 Å². The molecule has 0 bridgehead atoms. The molecule has 0 amide bonds. The van der Waals surface area contributed by atoms with Gasteiger partial charge in [0.25, 0.3) is 0 Å². The number of hydrogen-bond donors (Lipinski definition) is 1. The molecule has 1 aromatic heterocycles. The van der Waals surface area contributed by atoms with E-state index in [1.54, 1.807) is 0 Å². The van der Waals surface area contributed by atoms with Crippen LogP contribution in [0.2, 0.25) is 0 Å². The van der Waals surface area contributed by atoms with Crippen LogP contribution >= 0.6 is 0 Å². The molecule has 1 N–H and O–H groups in total. The van der Waals surface area contributed by atoms with E-state index >= 15 is 0 Å². The van der Waals surface area contributed by atoms with Crippen molar-refractivity contribution in [1.82, 2.24) is 5.16 Å². The molecule has 0 fully saturated rings. The van der Waals surface area contributed by atoms with E-state index in [1.807, 2.05) is 12.1 Å². The third kappa shape index (κ3) is 3.42. The monoisotopic (exact) mass is 261 g/mol. The van der Waals surface area contributed by atoms with Crippen LogP contribution in [0.3, 0.4) is 0 Å². The van der Waals surface area contributed by atoms with Gasteiger partial charge in [-0.25, -0.2) is 4.79 Å². The number of aromatic carboxylic acids is 1. The highest BCUT2D eigenvalue weighted by Gasteiger charge is 2.10. The molecule has 0 atom stereocenters. The van der Waals surface area contributed by atoms with Crippen molar-refractivity contribution in [3.8, 4) is 0 Å². The van der Waals surface area contributed by atoms with E-state index in [4.69, 9.17) is 14.4 Å². The maximum absolute atomic E-state index is 10.6. The Bertz CT molecular complexity index is 589. The van der Waals surface area contributed by atoms with Gasteiger partial charge in [0, 0.05) is 6.07 Å². The van der Waals surface area contributed by atoms with Crippen molar-refractivity contribution in [2.45, 2.75) is 27.1 Å². The summed E-state index contributed by atoms with van der Waals surface area (Å²) in [7, 11) is 0. The fourth-order valence-corrected chi connectivity index (χ4v) is 1.64. The molecule has 5 heteroatoms. The molecule has 0 saturated carbocycles. The number of hydrogen-bond acceptors (Lipinski definition) is 4. The maximum atomic E-state index is 10.6. The second kappa shape index (κ2) is 5.67. The molecule has 1 heterocycles. The summed E-state index contributed by atoms with van der Waals surface area (Å²) in [6.45, 7) is 4.76. The van der Waals surface area contributed by atoms with Crippen LogP contribution in [-0.2, 0) is 18.0 Å². The largest absolute Gasteiger partial charge is 0.476 e. The highest BCUT2D eigenvalue weighted by molar-refractivity contribution is 5.85. The molecule has 0 saturated heterocycles. The predicted octanol–water partition coefficient (Wildman–Crippen LogP) is 2.71. The molecular weight excluding hydrogens is 246 g/mol. The Labute approximate surface area is 110 Å². The summed E-state index contributed by atoms with van der Waals surface area (Å²) in [5.41, 5.74) is 3.42. The molecule has 0 unspecified atom stereocenters. The lowest BCUT2D eigenvalue weighted by atomic mass is 10.1. The smallest absolute Gasteiger partial charge is 0.358 e. The summed E-state index contributed by atoms with van der Waals surface area (Å²) in [5.74, 6) is -0.703. The van der Waals surface area contributed by atoms with Crippen LogP contribution in [0.1, 0.15) is 32.9 Å². The number of rotatable bonds is 5. The van der Waals surface area contributed by atoms with Crippen LogP contribution in [0.25, 0.3) is 0 Å². The standard InChI is InChI=1S/C14H15NO4/c1-9-3-4-11(5-10(9)2)7-18-8-12-6-13(14(16)17)15-19-12/h3-6H,7-8H2,1-2H3,(H,16,17). The van der Waals surface area contributed by atoms with Crippen molar-refractivity contribution in [3.63, 3.8) is 0 Å². The van der Waals surface area contributed by atoms with E-state index in [9.17, 15) is 4.79 Å². The van der Waals surface area contributed by atoms with Gasteiger partial charge in [0.2, 0.25) is 0 Å². The summed E-state index contributed by atoms with van der Waals surface area (Å²) in [6, 6.07) is 7.48. The second-order valence-corrected chi connectivity index (χ2v) is 4.40. The molecule has 0 aliphatic carbocycles. The van der Waals surface area contributed by atoms with Crippen LogP contribution in [0.4, 0.5) is 0 Å². The zero-order valence-corrected chi connectivity index (χ0v) is 10.8. The number of benzene rings is 1. The Morgan fingerprint density at radius 1 is 1.26 bits per heavy atom. The van der Waals surface area contributed by atoms with E-state index in [2.05, 4.69) is 25.1 Å². The first-order valence-electron chi connectivity index (χ1n) is 5.89. The average molecular weight is 261 g/mol. The van der Waals surface area contributed by atoms with Gasteiger partial charge in [0.05, 0.1) is 6.61 Å². The number of aryl methyl sites for hydroxylation is 2. The number of aromatic nitrogens is 1. The molecular formula is C14H15NO4. The quantitative estimate of drug-likeness (QED) is 0.895. The van der Waals surface area contributed by atoms with Crippen molar-refractivity contribution in [2.24, 2.45) is 0 Å². The van der Waals surface area contributed by atoms with Gasteiger partial charge in [-0.1, -0.05) is 23.4 Å². The topological polar surface area (TPSA) is 72.6 Å². The van der Waals surface area contributed by atoms with Gasteiger partial charge in [-0.05, 0) is 30.5 Å². The number of ether oxygens (including phenoxy) is 1. The third-order valence-electron chi connectivity index (χ3n) is 2.86. The molecule has 2 rings (SSSR count). The summed E-state index contributed by atoms with van der Waals surface area (Å²) < 4.78 is 10.3. The van der Waals surface area contributed by atoms with E-state index in [-0.39, 0.29) is 12.3 Å². The van der Waals surface area contributed by atoms with Crippen molar-refractivity contribution in [2.75, 3.05) is 0 Å². The first-order valence-corrected chi connectivity index (χ1v) is 5.89. The molecule has 1 aromatic carbocycles. The SMILES string of the molecule is Cc1ccc(COCc2cc(C(=O)O)no2)cc1C. The van der Waals surface area contributed by atoms with Gasteiger partial charge in [-0.2, -0.15) is 0 Å². The Morgan fingerprint density at radius 3 is 2.68 bits per heavy atom. The van der Waals surface area contributed by atoms with Crippen molar-refractivity contribution in [3.05, 3.63) is 52.4 Å². The van der Waals surface area contributed by atoms with Gasteiger partial charge < -0.3 is 14.4 Å². The average Bonchev–Trinajstić information content (AvgIpc) is 2.83. The number of carbonyl (C=O) groups is 1. The molecule has 19 heavy (non-hydrogen) atoms. The van der Waals surface area contributed by atoms with Gasteiger partial charge in [-0.3, -0.25) is 0 Å². The predicted molar refractivity (Wildman–Crippen MR) is 67.9 cm³/mol. The second-order valence-electron chi connectivity index (χ2n) is 4.40. The summed E-state index contributed by atoms with van der Waals surface area (Å²) in [4.78, 5) is 10.6. The lowest BCUT2D eigenvalue weighted by Gasteiger charge is -2.05. The highest BCUT2D eigenvalue weighted by atomic mass is 16.5. The van der Waals surface area contributed by atoms with Crippen LogP contribution in [-0.4, -0.2) is 16.2 Å². The highest BCUT2D eigenvalue weighted by Crippen LogP contribution is 2.12. The Morgan fingerprint density at radius 2 is 2.05 bits per heavy atom. The molecule has 0 radical (unpaired) electrons. The van der Waals surface area contributed by atoms with Crippen molar-refractivity contribution in [1.29, 1.82) is 0 Å². The zero-order valence-electron chi connectivity index (χ0n) is 10.8. The number of nitrogens with zero attached hydrogens (tertiary/aromatic N) is 1. The molecule has 0 spiro atoms. The van der Waals surface area contributed by atoms with Crippen LogP contribution < -0.4 is 0 Å². The van der Waals surface area contributed by atoms with Gasteiger partial charge in [-0.15, -0.1) is 0 Å². The lowest BCUT2D eigenvalue weighted by molar-refractivity contribution is 0.0683. The minimum Gasteiger partial charge on any atom is -0.476 e. The van der Waals surface area contributed by atoms with Crippen LogP contribution in [0.15, 0.2) is 28.8 Å². The number of carboxylic acids is 1. The van der Waals surface area contributed by atoms with E-state index in [0.717, 1.165) is 5.56 Å². The maximum Gasteiger partial charge on any atom is 0.358 e. The fraction of sp³-hybridized carbons (Fsp3) is 0.286. The summed E-state index contributed by atoms with van der Waals surface area (Å²) in [5, 5.41) is 12.1. The molecule has 100 valence electrons. The van der Waals surface area contributed by atoms with E-state index in [0.29, 0.717) is 12.4 Å². The Hall–Kier alpha value is -2.14. The summed E-state index contributed by atoms with van der Waals surface area (Å²) in [6.07, 6.45) is 0. The molecule has 5 nitrogen and oxygen atoms in total. The van der Waals surface area contributed by atoms with Crippen LogP contribution in [0, 0.1) is 13.8 Å². The zero-order chi connectivity index (χ0) is 13.8. The summed E-state index contributed by atoms with van der Waals surface area (Å²) >= 11 is 0. The molecule has 0 aliphatic rings. The normalized spacial score (nSPS) is 10.6. The van der Waals surface area contributed by atoms with Crippen LogP contribution in [0.5, 0.6) is 0 Å². The minimum absolute atomic E-state index is 0.107. The Kier molecular flexibility index (Phi) is 3.97. The van der Waals surface area contributed by atoms with Gasteiger partial charge >= 0.3 is 5.97 Å². The molecule has 2 aromatic rings. The molecule has 0 aliphatic heterocycles. The van der Waals surface area contributed by atoms with Gasteiger partial charge in [0.15, 0.2) is 11.5 Å². The first kappa shape index (κ1) is 13.3. The van der Waals surface area contributed by atoms with Crippen molar-refractivity contribution >= 4 is 5.97 Å². The first-order chi connectivity index (χ1) is 9.06.